The molecule has 1 aliphatic heterocycles. The summed E-state index contributed by atoms with van der Waals surface area (Å²) in [5, 5.41) is 0.373. The molecule has 2 aromatic carbocycles. The highest BCUT2D eigenvalue weighted by Gasteiger charge is 2.29. The quantitative estimate of drug-likeness (QED) is 0.630. The number of carbonyl (C=O) groups excluding carboxylic acids is 1. The van der Waals surface area contributed by atoms with Gasteiger partial charge in [0.15, 0.2) is 11.5 Å². The van der Waals surface area contributed by atoms with Crippen LogP contribution >= 0.6 is 11.6 Å². The minimum absolute atomic E-state index is 0.111. The van der Waals surface area contributed by atoms with Crippen LogP contribution in [-0.4, -0.2) is 18.7 Å². The van der Waals surface area contributed by atoms with Gasteiger partial charge in [0.05, 0.1) is 5.02 Å². The van der Waals surface area contributed by atoms with Gasteiger partial charge in [0, 0.05) is 0 Å². The summed E-state index contributed by atoms with van der Waals surface area (Å²) in [6, 6.07) is 13.9. The van der Waals surface area contributed by atoms with E-state index in [9.17, 15) is 4.79 Å². The van der Waals surface area contributed by atoms with Crippen molar-refractivity contribution >= 4 is 17.6 Å². The molecule has 1 unspecified atom stereocenters. The second-order valence-electron chi connectivity index (χ2n) is 4.22. The van der Waals surface area contributed by atoms with Crippen LogP contribution < -0.4 is 14.2 Å². The lowest BCUT2D eigenvalue weighted by Crippen LogP contribution is -2.39. The molecule has 102 valence electrons. The maximum Gasteiger partial charge on any atom is 0.356 e. The van der Waals surface area contributed by atoms with Crippen molar-refractivity contribution in [2.75, 3.05) is 6.61 Å². The maximum absolute atomic E-state index is 12.0. The van der Waals surface area contributed by atoms with E-state index in [1.54, 1.807) is 36.4 Å². The molecule has 0 spiro atoms. The molecule has 1 atom stereocenters. The molecule has 0 N–H and O–H groups in total. The topological polar surface area (TPSA) is 44.8 Å². The lowest BCUT2D eigenvalue weighted by molar-refractivity contribution is -0.144. The molecule has 0 saturated carbocycles. The Morgan fingerprint density at radius 1 is 1.10 bits per heavy atom. The molecule has 0 fully saturated rings. The van der Waals surface area contributed by atoms with Crippen molar-refractivity contribution in [1.29, 1.82) is 0 Å². The molecule has 1 heterocycles. The minimum Gasteiger partial charge on any atom is -0.485 e. The lowest BCUT2D eigenvalue weighted by Gasteiger charge is -2.24. The van der Waals surface area contributed by atoms with E-state index in [2.05, 4.69) is 0 Å². The van der Waals surface area contributed by atoms with E-state index < -0.39 is 12.1 Å². The highest BCUT2D eigenvalue weighted by atomic mass is 35.5. The van der Waals surface area contributed by atoms with Crippen LogP contribution in [0.3, 0.4) is 0 Å². The van der Waals surface area contributed by atoms with Gasteiger partial charge in [-0.25, -0.2) is 4.79 Å². The van der Waals surface area contributed by atoms with Crippen molar-refractivity contribution in [2.24, 2.45) is 0 Å². The Morgan fingerprint density at radius 2 is 1.80 bits per heavy atom. The number of para-hydroxylation sites is 3. The van der Waals surface area contributed by atoms with Crippen LogP contribution in [0.1, 0.15) is 0 Å². The summed E-state index contributed by atoms with van der Waals surface area (Å²) in [6.45, 7) is 0.111. The van der Waals surface area contributed by atoms with Gasteiger partial charge in [-0.1, -0.05) is 35.9 Å². The van der Waals surface area contributed by atoms with Gasteiger partial charge in [-0.05, 0) is 24.3 Å². The number of hydrogen-bond donors (Lipinski definition) is 0. The summed E-state index contributed by atoms with van der Waals surface area (Å²) in [5.74, 6) is 0.920. The third-order valence-corrected chi connectivity index (χ3v) is 3.13. The molecule has 0 radical (unpaired) electrons. The summed E-state index contributed by atoms with van der Waals surface area (Å²) in [6.07, 6.45) is -0.804. The van der Waals surface area contributed by atoms with Crippen LogP contribution in [0.4, 0.5) is 0 Å². The molecule has 4 nitrogen and oxygen atoms in total. The Hall–Kier alpha value is -2.20. The third kappa shape index (κ3) is 2.56. The van der Waals surface area contributed by atoms with E-state index in [4.69, 9.17) is 25.8 Å². The summed E-state index contributed by atoms with van der Waals surface area (Å²) >= 11 is 5.94. The molecule has 0 aliphatic carbocycles. The van der Waals surface area contributed by atoms with Crippen LogP contribution in [0.2, 0.25) is 5.02 Å². The zero-order valence-corrected chi connectivity index (χ0v) is 11.2. The lowest BCUT2D eigenvalue weighted by atomic mass is 10.2. The van der Waals surface area contributed by atoms with Crippen molar-refractivity contribution in [3.05, 3.63) is 53.6 Å². The fourth-order valence-electron chi connectivity index (χ4n) is 1.84. The first-order chi connectivity index (χ1) is 9.74. The smallest absolute Gasteiger partial charge is 0.356 e. The van der Waals surface area contributed by atoms with Crippen LogP contribution in [0.25, 0.3) is 0 Å². The number of hydrogen-bond acceptors (Lipinski definition) is 4. The Balaban J connectivity index is 1.72. The summed E-state index contributed by atoms with van der Waals surface area (Å²) < 4.78 is 16.3. The molecule has 0 saturated heterocycles. The molecular formula is C15H11ClO4. The van der Waals surface area contributed by atoms with Crippen LogP contribution in [0.5, 0.6) is 17.2 Å². The fraction of sp³-hybridized carbons (Fsp3) is 0.133. The molecule has 1 aliphatic rings. The SMILES string of the molecule is O=C(Oc1ccccc1Cl)C1COc2ccccc2O1. The molecule has 0 bridgehead atoms. The highest BCUT2D eigenvalue weighted by Crippen LogP contribution is 2.31. The van der Waals surface area contributed by atoms with Crippen molar-refractivity contribution in [3.63, 3.8) is 0 Å². The Labute approximate surface area is 120 Å². The van der Waals surface area contributed by atoms with Crippen LogP contribution in [0, 0.1) is 0 Å². The summed E-state index contributed by atoms with van der Waals surface area (Å²) in [5.41, 5.74) is 0. The second-order valence-corrected chi connectivity index (χ2v) is 4.62. The number of rotatable bonds is 2. The highest BCUT2D eigenvalue weighted by molar-refractivity contribution is 6.32. The summed E-state index contributed by atoms with van der Waals surface area (Å²) in [7, 11) is 0. The standard InChI is InChI=1S/C15H11ClO4/c16-10-5-1-2-6-11(10)20-15(17)14-9-18-12-7-3-4-8-13(12)19-14/h1-8,14H,9H2. The zero-order chi connectivity index (χ0) is 13.9. The van der Waals surface area contributed by atoms with Gasteiger partial charge in [-0.15, -0.1) is 0 Å². The molecule has 20 heavy (non-hydrogen) atoms. The van der Waals surface area contributed by atoms with Crippen LogP contribution in [0.15, 0.2) is 48.5 Å². The molecule has 0 amide bonds. The zero-order valence-electron chi connectivity index (χ0n) is 10.4. The molecule has 5 heteroatoms. The average Bonchev–Trinajstić information content (AvgIpc) is 2.49. The maximum atomic E-state index is 12.0. The normalized spacial score (nSPS) is 16.6. The van der Waals surface area contributed by atoms with Gasteiger partial charge < -0.3 is 14.2 Å². The first-order valence-electron chi connectivity index (χ1n) is 6.09. The number of fused-ring (bicyclic) bond motifs is 1. The second kappa shape index (κ2) is 5.43. The van der Waals surface area contributed by atoms with Crippen LogP contribution in [-0.2, 0) is 4.79 Å². The van der Waals surface area contributed by atoms with Gasteiger partial charge >= 0.3 is 5.97 Å². The molecule has 3 rings (SSSR count). The van der Waals surface area contributed by atoms with E-state index in [1.807, 2.05) is 12.1 Å². The molecular weight excluding hydrogens is 280 g/mol. The van der Waals surface area contributed by atoms with Crippen molar-refractivity contribution in [3.8, 4) is 17.2 Å². The first kappa shape index (κ1) is 12.8. The van der Waals surface area contributed by atoms with Crippen molar-refractivity contribution in [1.82, 2.24) is 0 Å². The van der Waals surface area contributed by atoms with E-state index >= 15 is 0 Å². The van der Waals surface area contributed by atoms with Gasteiger partial charge in [0.1, 0.15) is 12.4 Å². The number of ether oxygens (including phenoxy) is 3. The van der Waals surface area contributed by atoms with E-state index in [0.717, 1.165) is 0 Å². The average molecular weight is 291 g/mol. The monoisotopic (exact) mass is 290 g/mol. The Kier molecular flexibility index (Phi) is 3.48. The van der Waals surface area contributed by atoms with Gasteiger partial charge in [0.25, 0.3) is 0 Å². The van der Waals surface area contributed by atoms with E-state index in [-0.39, 0.29) is 6.61 Å². The Morgan fingerprint density at radius 3 is 2.60 bits per heavy atom. The molecule has 0 aromatic heterocycles. The number of carbonyl (C=O) groups is 1. The van der Waals surface area contributed by atoms with Gasteiger partial charge in [-0.2, -0.15) is 0 Å². The fourth-order valence-corrected chi connectivity index (χ4v) is 2.01. The van der Waals surface area contributed by atoms with Crippen molar-refractivity contribution in [2.45, 2.75) is 6.10 Å². The summed E-state index contributed by atoms with van der Waals surface area (Å²) in [4.78, 5) is 12.0. The van der Waals surface area contributed by atoms with Gasteiger partial charge in [-0.3, -0.25) is 0 Å². The number of benzene rings is 2. The molecule has 2 aromatic rings. The third-order valence-electron chi connectivity index (χ3n) is 2.82. The Bertz CT molecular complexity index is 641. The predicted octanol–water partition coefficient (Wildman–Crippen LogP) is 3.09. The van der Waals surface area contributed by atoms with E-state index in [1.165, 1.54) is 0 Å². The largest absolute Gasteiger partial charge is 0.485 e. The first-order valence-corrected chi connectivity index (χ1v) is 6.46. The minimum atomic E-state index is -0.804. The van der Waals surface area contributed by atoms with Crippen molar-refractivity contribution < 1.29 is 19.0 Å². The predicted molar refractivity (Wildman–Crippen MR) is 73.4 cm³/mol. The number of halogens is 1. The number of esters is 1. The van der Waals surface area contributed by atoms with Gasteiger partial charge in [0.2, 0.25) is 6.10 Å². The van der Waals surface area contributed by atoms with E-state index in [0.29, 0.717) is 22.3 Å².